The van der Waals surface area contributed by atoms with E-state index in [0.717, 1.165) is 11.1 Å². The van der Waals surface area contributed by atoms with Gasteiger partial charge >= 0.3 is 11.8 Å². The quantitative estimate of drug-likeness (QED) is 0.840. The fourth-order valence-electron chi connectivity index (χ4n) is 2.58. The lowest BCUT2D eigenvalue weighted by molar-refractivity contribution is -0.136. The number of carbonyl (C=O) groups excluding carboxylic acids is 2. The molecule has 1 aliphatic heterocycles. The van der Waals surface area contributed by atoms with Gasteiger partial charge in [-0.05, 0) is 37.6 Å². The Labute approximate surface area is 146 Å². The highest BCUT2D eigenvalue weighted by Crippen LogP contribution is 2.30. The molecular weight excluding hydrogens is 320 g/mol. The molecule has 1 heterocycles. The molecule has 1 atom stereocenters. The molecule has 2 aromatic carbocycles. The molecule has 0 radical (unpaired) electrons. The second-order valence-corrected chi connectivity index (χ2v) is 5.98. The summed E-state index contributed by atoms with van der Waals surface area (Å²) in [4.78, 5) is 24.0. The highest BCUT2D eigenvalue weighted by Gasteiger charge is 2.22. The van der Waals surface area contributed by atoms with Crippen LogP contribution in [0, 0.1) is 13.8 Å². The average Bonchev–Trinajstić information content (AvgIpc) is 2.61. The predicted molar refractivity (Wildman–Crippen MR) is 93.9 cm³/mol. The third-order valence-corrected chi connectivity index (χ3v) is 3.89. The Morgan fingerprint density at radius 2 is 1.84 bits per heavy atom. The van der Waals surface area contributed by atoms with Crippen molar-refractivity contribution in [2.75, 3.05) is 18.5 Å². The van der Waals surface area contributed by atoms with Crippen LogP contribution >= 0.6 is 0 Å². The van der Waals surface area contributed by atoms with Gasteiger partial charge in [0.05, 0.1) is 6.54 Å². The van der Waals surface area contributed by atoms with Crippen LogP contribution in [0.25, 0.3) is 0 Å². The maximum Gasteiger partial charge on any atom is 0.313 e. The Morgan fingerprint density at radius 3 is 2.60 bits per heavy atom. The summed E-state index contributed by atoms with van der Waals surface area (Å²) in [7, 11) is 0. The molecule has 0 aromatic heterocycles. The maximum atomic E-state index is 12.0. The van der Waals surface area contributed by atoms with Crippen molar-refractivity contribution in [3.8, 4) is 11.5 Å². The van der Waals surface area contributed by atoms with Crippen LogP contribution in [0.2, 0.25) is 0 Å². The number of rotatable bonds is 3. The topological polar surface area (TPSA) is 76.7 Å². The van der Waals surface area contributed by atoms with Crippen LogP contribution in [0.5, 0.6) is 11.5 Å². The Balaban J connectivity index is 1.52. The summed E-state index contributed by atoms with van der Waals surface area (Å²) in [6.07, 6.45) is -0.340. The molecule has 0 aliphatic carbocycles. The summed E-state index contributed by atoms with van der Waals surface area (Å²) in [6.45, 7) is 4.35. The first-order chi connectivity index (χ1) is 12.0. The minimum absolute atomic E-state index is 0.188. The van der Waals surface area contributed by atoms with Gasteiger partial charge in [-0.3, -0.25) is 9.59 Å². The second-order valence-electron chi connectivity index (χ2n) is 5.98. The van der Waals surface area contributed by atoms with E-state index in [4.69, 9.17) is 9.47 Å². The van der Waals surface area contributed by atoms with Crippen molar-refractivity contribution < 1.29 is 19.1 Å². The molecule has 0 spiro atoms. The minimum atomic E-state index is -0.706. The number of ether oxygens (including phenoxy) is 2. The monoisotopic (exact) mass is 340 g/mol. The lowest BCUT2D eigenvalue weighted by Crippen LogP contribution is -2.44. The first-order valence-corrected chi connectivity index (χ1v) is 8.08. The normalized spacial score (nSPS) is 15.4. The van der Waals surface area contributed by atoms with E-state index in [0.29, 0.717) is 23.8 Å². The standard InChI is InChI=1S/C19H20N2O4/c1-12-7-8-15(13(2)9-12)21-19(23)18(22)20-10-14-11-24-16-5-3-4-6-17(16)25-14/h3-9,14H,10-11H2,1-2H3,(H,20,22)(H,21,23). The molecule has 2 N–H and O–H groups in total. The van der Waals surface area contributed by atoms with Gasteiger partial charge in [0.2, 0.25) is 0 Å². The van der Waals surface area contributed by atoms with Crippen LogP contribution in [0.15, 0.2) is 42.5 Å². The van der Waals surface area contributed by atoms with Gasteiger partial charge in [0, 0.05) is 5.69 Å². The molecule has 3 rings (SSSR count). The Kier molecular flexibility index (Phi) is 4.88. The first kappa shape index (κ1) is 16.8. The van der Waals surface area contributed by atoms with Crippen LogP contribution in [0.1, 0.15) is 11.1 Å². The number of benzene rings is 2. The summed E-state index contributed by atoms with van der Waals surface area (Å²) in [5.74, 6) is -0.100. The molecule has 1 unspecified atom stereocenters. The average molecular weight is 340 g/mol. The van der Waals surface area contributed by atoms with Gasteiger partial charge in [0.1, 0.15) is 12.7 Å². The van der Waals surface area contributed by atoms with Gasteiger partial charge in [-0.15, -0.1) is 0 Å². The largest absolute Gasteiger partial charge is 0.486 e. The number of para-hydroxylation sites is 2. The number of aryl methyl sites for hydroxylation is 2. The van der Waals surface area contributed by atoms with Crippen LogP contribution in [0.3, 0.4) is 0 Å². The highest BCUT2D eigenvalue weighted by atomic mass is 16.6. The third-order valence-electron chi connectivity index (χ3n) is 3.89. The van der Waals surface area contributed by atoms with E-state index in [-0.39, 0.29) is 12.6 Å². The van der Waals surface area contributed by atoms with E-state index in [1.807, 2.05) is 44.2 Å². The number of fused-ring (bicyclic) bond motifs is 1. The zero-order valence-electron chi connectivity index (χ0n) is 14.2. The molecule has 1 aliphatic rings. The van der Waals surface area contributed by atoms with E-state index < -0.39 is 11.8 Å². The van der Waals surface area contributed by atoms with Crippen LogP contribution in [-0.2, 0) is 9.59 Å². The molecule has 0 fully saturated rings. The molecular formula is C19H20N2O4. The number of nitrogens with one attached hydrogen (secondary N) is 2. The summed E-state index contributed by atoms with van der Waals surface area (Å²) in [5, 5.41) is 5.20. The van der Waals surface area contributed by atoms with E-state index in [1.165, 1.54) is 0 Å². The predicted octanol–water partition coefficient (Wildman–Crippen LogP) is 2.20. The summed E-state index contributed by atoms with van der Waals surface area (Å²) in [5.41, 5.74) is 2.62. The SMILES string of the molecule is Cc1ccc(NC(=O)C(=O)NCC2COc3ccccc3O2)c(C)c1. The van der Waals surface area contributed by atoms with E-state index in [2.05, 4.69) is 10.6 Å². The van der Waals surface area contributed by atoms with E-state index >= 15 is 0 Å². The molecule has 130 valence electrons. The van der Waals surface area contributed by atoms with E-state index in [9.17, 15) is 9.59 Å². The van der Waals surface area contributed by atoms with E-state index in [1.54, 1.807) is 12.1 Å². The van der Waals surface area contributed by atoms with Gasteiger partial charge in [0.15, 0.2) is 11.5 Å². The Bertz CT molecular complexity index is 804. The first-order valence-electron chi connectivity index (χ1n) is 8.08. The number of anilines is 1. The third kappa shape index (κ3) is 4.09. The van der Waals surface area contributed by atoms with Crippen LogP contribution < -0.4 is 20.1 Å². The molecule has 6 heteroatoms. The fraction of sp³-hybridized carbons (Fsp3) is 0.263. The Morgan fingerprint density at radius 1 is 1.08 bits per heavy atom. The number of carbonyl (C=O) groups is 2. The number of hydrogen-bond acceptors (Lipinski definition) is 4. The summed E-state index contributed by atoms with van der Waals surface area (Å²) >= 11 is 0. The highest BCUT2D eigenvalue weighted by molar-refractivity contribution is 6.39. The molecule has 2 amide bonds. The molecule has 2 aromatic rings. The Hall–Kier alpha value is -3.02. The van der Waals surface area contributed by atoms with Gasteiger partial charge in [0.25, 0.3) is 0 Å². The zero-order chi connectivity index (χ0) is 17.8. The van der Waals surface area contributed by atoms with Crippen molar-refractivity contribution in [2.24, 2.45) is 0 Å². The maximum absolute atomic E-state index is 12.0. The van der Waals surface area contributed by atoms with Crippen molar-refractivity contribution >= 4 is 17.5 Å². The molecule has 0 saturated carbocycles. The summed E-state index contributed by atoms with van der Waals surface area (Å²) in [6, 6.07) is 12.9. The summed E-state index contributed by atoms with van der Waals surface area (Å²) < 4.78 is 11.3. The molecule has 25 heavy (non-hydrogen) atoms. The lowest BCUT2D eigenvalue weighted by atomic mass is 10.1. The molecule has 0 bridgehead atoms. The zero-order valence-corrected chi connectivity index (χ0v) is 14.2. The van der Waals surface area contributed by atoms with Gasteiger partial charge in [-0.25, -0.2) is 0 Å². The van der Waals surface area contributed by atoms with Crippen molar-refractivity contribution in [1.29, 1.82) is 0 Å². The van der Waals surface area contributed by atoms with Crippen LogP contribution in [-0.4, -0.2) is 31.1 Å². The van der Waals surface area contributed by atoms with Gasteiger partial charge in [-0.1, -0.05) is 29.8 Å². The molecule has 6 nitrogen and oxygen atoms in total. The van der Waals surface area contributed by atoms with Gasteiger partial charge < -0.3 is 20.1 Å². The van der Waals surface area contributed by atoms with Crippen LogP contribution in [0.4, 0.5) is 5.69 Å². The second kappa shape index (κ2) is 7.25. The minimum Gasteiger partial charge on any atom is -0.486 e. The van der Waals surface area contributed by atoms with Crippen molar-refractivity contribution in [3.05, 3.63) is 53.6 Å². The number of amides is 2. The molecule has 0 saturated heterocycles. The fourth-order valence-corrected chi connectivity index (χ4v) is 2.58. The smallest absolute Gasteiger partial charge is 0.313 e. The van der Waals surface area contributed by atoms with Gasteiger partial charge in [-0.2, -0.15) is 0 Å². The lowest BCUT2D eigenvalue weighted by Gasteiger charge is -2.26. The number of hydrogen-bond donors (Lipinski definition) is 2. The van der Waals surface area contributed by atoms with Crippen molar-refractivity contribution in [3.63, 3.8) is 0 Å². The van der Waals surface area contributed by atoms with Crippen molar-refractivity contribution in [1.82, 2.24) is 5.32 Å². The van der Waals surface area contributed by atoms with Crippen molar-refractivity contribution in [2.45, 2.75) is 20.0 Å².